The largest absolute Gasteiger partial charge is 0.496 e. The molecule has 24 heavy (non-hydrogen) atoms. The summed E-state index contributed by atoms with van der Waals surface area (Å²) in [5.41, 5.74) is 1.08. The van der Waals surface area contributed by atoms with E-state index < -0.39 is 0 Å². The molecule has 1 aromatic rings. The van der Waals surface area contributed by atoms with Crippen LogP contribution in [0.15, 0.2) is 22.7 Å². The van der Waals surface area contributed by atoms with Gasteiger partial charge in [0.15, 0.2) is 0 Å². The molecular weight excluding hydrogens is 392 g/mol. The second-order valence-corrected chi connectivity index (χ2v) is 7.72. The number of methoxy groups -OCH3 is 1. The van der Waals surface area contributed by atoms with Gasteiger partial charge in [0.25, 0.3) is 0 Å². The van der Waals surface area contributed by atoms with Gasteiger partial charge in [-0.3, -0.25) is 4.79 Å². The summed E-state index contributed by atoms with van der Waals surface area (Å²) >= 11 is 3.50. The van der Waals surface area contributed by atoms with Crippen LogP contribution in [0.25, 0.3) is 0 Å². The van der Waals surface area contributed by atoms with E-state index >= 15 is 0 Å². The number of amides is 1. The Balaban J connectivity index is 0.00000208. The van der Waals surface area contributed by atoms with Crippen molar-refractivity contribution >= 4 is 34.2 Å². The van der Waals surface area contributed by atoms with E-state index in [4.69, 9.17) is 4.74 Å². The quantitative estimate of drug-likeness (QED) is 0.762. The molecule has 134 valence electrons. The number of benzene rings is 1. The topological polar surface area (TPSA) is 50.4 Å². The lowest BCUT2D eigenvalue weighted by molar-refractivity contribution is -0.122. The Kier molecular flexibility index (Phi) is 6.96. The van der Waals surface area contributed by atoms with Crippen molar-refractivity contribution in [1.29, 1.82) is 0 Å². The van der Waals surface area contributed by atoms with Crippen molar-refractivity contribution in [2.45, 2.75) is 57.2 Å². The molecule has 1 aromatic carbocycles. The monoisotopic (exact) mass is 416 g/mol. The van der Waals surface area contributed by atoms with E-state index in [0.717, 1.165) is 28.6 Å². The molecule has 6 heteroatoms. The van der Waals surface area contributed by atoms with Crippen molar-refractivity contribution in [2.75, 3.05) is 7.11 Å². The van der Waals surface area contributed by atoms with Crippen molar-refractivity contribution in [3.05, 3.63) is 28.2 Å². The fraction of sp³-hybridized carbons (Fsp3) is 0.611. The molecule has 2 aliphatic rings. The van der Waals surface area contributed by atoms with Gasteiger partial charge in [-0.15, -0.1) is 12.4 Å². The minimum atomic E-state index is 0. The van der Waals surface area contributed by atoms with E-state index in [0.29, 0.717) is 24.4 Å². The summed E-state index contributed by atoms with van der Waals surface area (Å²) < 4.78 is 6.16. The summed E-state index contributed by atoms with van der Waals surface area (Å²) in [7, 11) is 1.65. The fourth-order valence-corrected chi connectivity index (χ4v) is 4.50. The lowest BCUT2D eigenvalue weighted by atomic mass is 9.89. The number of piperidine rings is 1. The van der Waals surface area contributed by atoms with Crippen LogP contribution in [-0.2, 0) is 4.79 Å². The highest BCUT2D eigenvalue weighted by Gasteiger charge is 2.34. The molecule has 0 saturated carbocycles. The first-order valence-corrected chi connectivity index (χ1v) is 9.23. The maximum Gasteiger partial charge on any atom is 0.220 e. The third-order valence-corrected chi connectivity index (χ3v) is 5.72. The van der Waals surface area contributed by atoms with E-state index in [2.05, 4.69) is 26.6 Å². The van der Waals surface area contributed by atoms with Crippen molar-refractivity contribution in [1.82, 2.24) is 10.6 Å². The number of hydrogen-bond donors (Lipinski definition) is 2. The average Bonchev–Trinajstić information content (AvgIpc) is 2.85. The molecule has 0 aliphatic carbocycles. The normalized spacial score (nSPS) is 26.4. The number of halogens is 2. The first-order valence-electron chi connectivity index (χ1n) is 8.44. The fourth-order valence-electron chi connectivity index (χ4n) is 3.94. The summed E-state index contributed by atoms with van der Waals surface area (Å²) in [5.74, 6) is 1.50. The number of carbonyl (C=O) groups excluding carboxylic acids is 1. The number of fused-ring (bicyclic) bond motifs is 2. The van der Waals surface area contributed by atoms with Crippen LogP contribution in [0.3, 0.4) is 0 Å². The van der Waals surface area contributed by atoms with E-state index in [1.54, 1.807) is 7.11 Å². The van der Waals surface area contributed by atoms with Gasteiger partial charge in [0.2, 0.25) is 5.91 Å². The molecule has 2 saturated heterocycles. The Morgan fingerprint density at radius 1 is 1.38 bits per heavy atom. The van der Waals surface area contributed by atoms with Gasteiger partial charge in [0.1, 0.15) is 5.75 Å². The molecule has 2 aliphatic heterocycles. The molecule has 1 amide bonds. The number of ether oxygens (including phenoxy) is 1. The predicted molar refractivity (Wildman–Crippen MR) is 102 cm³/mol. The van der Waals surface area contributed by atoms with E-state index in [1.807, 2.05) is 25.1 Å². The summed E-state index contributed by atoms with van der Waals surface area (Å²) in [4.78, 5) is 12.4. The average molecular weight is 418 g/mol. The van der Waals surface area contributed by atoms with Crippen molar-refractivity contribution < 1.29 is 9.53 Å². The van der Waals surface area contributed by atoms with E-state index in [9.17, 15) is 4.79 Å². The van der Waals surface area contributed by atoms with E-state index in [-0.39, 0.29) is 24.4 Å². The van der Waals surface area contributed by atoms with Crippen molar-refractivity contribution in [2.24, 2.45) is 5.92 Å². The summed E-state index contributed by atoms with van der Waals surface area (Å²) in [5, 5.41) is 6.77. The van der Waals surface area contributed by atoms with Gasteiger partial charge in [-0.1, -0.05) is 6.07 Å². The van der Waals surface area contributed by atoms with Gasteiger partial charge in [-0.25, -0.2) is 0 Å². The molecule has 2 bridgehead atoms. The summed E-state index contributed by atoms with van der Waals surface area (Å²) in [6.07, 6.45) is 5.49. The lowest BCUT2D eigenvalue weighted by Crippen LogP contribution is -2.40. The van der Waals surface area contributed by atoms with Crippen LogP contribution in [-0.4, -0.2) is 25.1 Å². The third kappa shape index (κ3) is 4.64. The van der Waals surface area contributed by atoms with Crippen LogP contribution in [0.5, 0.6) is 5.75 Å². The highest BCUT2D eigenvalue weighted by Crippen LogP contribution is 2.33. The van der Waals surface area contributed by atoms with Gasteiger partial charge in [0, 0.05) is 18.5 Å². The highest BCUT2D eigenvalue weighted by atomic mass is 79.9. The first kappa shape index (κ1) is 19.5. The summed E-state index contributed by atoms with van der Waals surface area (Å²) in [6.45, 7) is 2.03. The zero-order valence-electron chi connectivity index (χ0n) is 14.2. The Morgan fingerprint density at radius 2 is 2.04 bits per heavy atom. The molecule has 3 atom stereocenters. The molecule has 2 fully saturated rings. The third-order valence-electron chi connectivity index (χ3n) is 5.10. The Labute approximate surface area is 158 Å². The van der Waals surface area contributed by atoms with Gasteiger partial charge in [0.05, 0.1) is 17.6 Å². The number of hydrogen-bond acceptors (Lipinski definition) is 3. The lowest BCUT2D eigenvalue weighted by Gasteiger charge is -2.29. The van der Waals surface area contributed by atoms with E-state index in [1.165, 1.54) is 12.8 Å². The molecule has 4 nitrogen and oxygen atoms in total. The molecular formula is C18H26BrClN2O2. The minimum absolute atomic E-state index is 0. The molecule has 3 unspecified atom stereocenters. The standard InChI is InChI=1S/C18H25BrN2O2.ClH/c1-11(13-3-6-17(23-2)16(19)10-13)20-18(22)9-12-7-14-4-5-15(8-12)21-14;/h3,6,10-12,14-15,21H,4-5,7-9H2,1-2H3,(H,20,22);1H. The molecule has 0 radical (unpaired) electrons. The smallest absolute Gasteiger partial charge is 0.220 e. The zero-order chi connectivity index (χ0) is 16.4. The minimum Gasteiger partial charge on any atom is -0.496 e. The van der Waals surface area contributed by atoms with Crippen molar-refractivity contribution in [3.63, 3.8) is 0 Å². The Hall–Kier alpha value is -0.780. The van der Waals surface area contributed by atoms with Gasteiger partial charge >= 0.3 is 0 Å². The van der Waals surface area contributed by atoms with Crippen molar-refractivity contribution in [3.8, 4) is 5.75 Å². The number of carbonyl (C=O) groups is 1. The van der Waals surface area contributed by atoms with Crippen LogP contribution in [0.2, 0.25) is 0 Å². The van der Waals surface area contributed by atoms with Crippen LogP contribution < -0.4 is 15.4 Å². The predicted octanol–water partition coefficient (Wildman–Crippen LogP) is 3.98. The van der Waals surface area contributed by atoms with Crippen LogP contribution in [0.1, 0.15) is 50.6 Å². The SMILES string of the molecule is COc1ccc(C(C)NC(=O)CC2CC3CCC(C2)N3)cc1Br.Cl. The van der Waals surface area contributed by atoms with Crippen LogP contribution >= 0.6 is 28.3 Å². The highest BCUT2D eigenvalue weighted by molar-refractivity contribution is 9.10. The molecule has 0 spiro atoms. The summed E-state index contributed by atoms with van der Waals surface area (Å²) in [6, 6.07) is 7.21. The Bertz CT molecular complexity index is 572. The first-order chi connectivity index (χ1) is 11.0. The second-order valence-electron chi connectivity index (χ2n) is 6.86. The number of rotatable bonds is 5. The second kappa shape index (κ2) is 8.54. The zero-order valence-corrected chi connectivity index (χ0v) is 16.6. The van der Waals surface area contributed by atoms with Gasteiger partial charge < -0.3 is 15.4 Å². The number of nitrogens with one attached hydrogen (secondary N) is 2. The molecule has 0 aromatic heterocycles. The van der Waals surface area contributed by atoms with Crippen LogP contribution in [0.4, 0.5) is 0 Å². The maximum absolute atomic E-state index is 12.4. The van der Waals surface area contributed by atoms with Gasteiger partial charge in [-0.05, 0) is 72.2 Å². The molecule has 3 rings (SSSR count). The molecule has 2 heterocycles. The Morgan fingerprint density at radius 3 is 2.62 bits per heavy atom. The molecule has 2 N–H and O–H groups in total. The maximum atomic E-state index is 12.4. The van der Waals surface area contributed by atoms with Gasteiger partial charge in [-0.2, -0.15) is 0 Å². The van der Waals surface area contributed by atoms with Crippen LogP contribution in [0, 0.1) is 5.92 Å².